The number of halogens is 1. The van der Waals surface area contributed by atoms with Crippen LogP contribution in [0, 0.1) is 5.82 Å². The van der Waals surface area contributed by atoms with Crippen molar-refractivity contribution >= 4 is 16.8 Å². The van der Waals surface area contributed by atoms with Crippen molar-refractivity contribution < 1.29 is 4.39 Å². The van der Waals surface area contributed by atoms with Crippen LogP contribution in [0.25, 0.3) is 0 Å². The first-order chi connectivity index (χ1) is 6.77. The fourth-order valence-electron chi connectivity index (χ4n) is 1.31. The average Bonchev–Trinajstić information content (AvgIpc) is 2.18. The van der Waals surface area contributed by atoms with E-state index in [1.165, 1.54) is 6.07 Å². The maximum atomic E-state index is 13.4. The van der Waals surface area contributed by atoms with Gasteiger partial charge < -0.3 is 5.73 Å². The second-order valence-corrected chi connectivity index (χ2v) is 4.20. The minimum absolute atomic E-state index is 0.175. The molecule has 2 rings (SSSR count). The zero-order valence-electron chi connectivity index (χ0n) is 7.61. The summed E-state index contributed by atoms with van der Waals surface area (Å²) in [5, 5.41) is 0.724. The van der Waals surface area contributed by atoms with Gasteiger partial charge in [-0.1, -0.05) is 12.1 Å². The summed E-state index contributed by atoms with van der Waals surface area (Å²) in [5.41, 5.74) is 6.25. The third-order valence-electron chi connectivity index (χ3n) is 2.04. The van der Waals surface area contributed by atoms with Gasteiger partial charge >= 0.3 is 0 Å². The first kappa shape index (κ1) is 9.68. The summed E-state index contributed by atoms with van der Waals surface area (Å²) in [6.45, 7) is 0. The Balaban J connectivity index is 2.35. The molecule has 0 aromatic heterocycles. The van der Waals surface area contributed by atoms with Gasteiger partial charge in [-0.2, -0.15) is 0 Å². The smallest absolute Gasteiger partial charge is 0.133 e. The van der Waals surface area contributed by atoms with Crippen LogP contribution >= 0.6 is 11.8 Å². The molecule has 1 aromatic rings. The van der Waals surface area contributed by atoms with E-state index in [1.54, 1.807) is 23.9 Å². The number of aliphatic imine (C=N–C) groups is 1. The molecule has 1 aliphatic heterocycles. The van der Waals surface area contributed by atoms with E-state index in [9.17, 15) is 4.39 Å². The lowest BCUT2D eigenvalue weighted by Crippen LogP contribution is -2.24. The first-order valence-electron chi connectivity index (χ1n) is 4.48. The fraction of sp³-hybridized carbons (Fsp3) is 0.300. The van der Waals surface area contributed by atoms with Crippen LogP contribution in [0.1, 0.15) is 12.0 Å². The van der Waals surface area contributed by atoms with Crippen LogP contribution in [0.15, 0.2) is 29.3 Å². The van der Waals surface area contributed by atoms with Gasteiger partial charge in [0.1, 0.15) is 10.9 Å². The van der Waals surface area contributed by atoms with E-state index in [1.807, 2.05) is 6.07 Å². The van der Waals surface area contributed by atoms with Gasteiger partial charge in [-0.25, -0.2) is 4.39 Å². The van der Waals surface area contributed by atoms with Crippen molar-refractivity contribution in [3.8, 4) is 0 Å². The molecule has 1 unspecified atom stereocenters. The number of hydrogen-bond donors (Lipinski definition) is 1. The van der Waals surface area contributed by atoms with E-state index >= 15 is 0 Å². The van der Waals surface area contributed by atoms with Crippen LogP contribution in [-0.4, -0.2) is 17.0 Å². The third kappa shape index (κ3) is 1.96. The van der Waals surface area contributed by atoms with E-state index in [0.717, 1.165) is 17.2 Å². The molecule has 1 aliphatic rings. The van der Waals surface area contributed by atoms with Gasteiger partial charge in [0.15, 0.2) is 0 Å². The molecule has 2 N–H and O–H groups in total. The fourth-order valence-corrected chi connectivity index (χ4v) is 2.39. The van der Waals surface area contributed by atoms with Gasteiger partial charge in [0.05, 0.1) is 6.17 Å². The van der Waals surface area contributed by atoms with Gasteiger partial charge in [0.2, 0.25) is 0 Å². The largest absolute Gasteiger partial charge is 0.310 e. The van der Waals surface area contributed by atoms with Crippen LogP contribution in [0.5, 0.6) is 0 Å². The lowest BCUT2D eigenvalue weighted by atomic mass is 10.2. The molecule has 0 aliphatic carbocycles. The number of thioether (sulfide) groups is 1. The summed E-state index contributed by atoms with van der Waals surface area (Å²) in [6, 6.07) is 6.66. The third-order valence-corrected chi connectivity index (χ3v) is 3.08. The quantitative estimate of drug-likeness (QED) is 0.769. The van der Waals surface area contributed by atoms with Crippen molar-refractivity contribution in [2.24, 2.45) is 10.7 Å². The Morgan fingerprint density at radius 3 is 2.93 bits per heavy atom. The van der Waals surface area contributed by atoms with E-state index in [0.29, 0.717) is 5.56 Å². The Labute approximate surface area is 86.4 Å². The second-order valence-electron chi connectivity index (χ2n) is 3.12. The lowest BCUT2D eigenvalue weighted by molar-refractivity contribution is 0.624. The van der Waals surface area contributed by atoms with E-state index < -0.39 is 0 Å². The van der Waals surface area contributed by atoms with E-state index in [-0.39, 0.29) is 12.0 Å². The predicted octanol–water partition coefficient (Wildman–Crippen LogP) is 1.99. The number of nitrogens with two attached hydrogens (primary N) is 1. The van der Waals surface area contributed by atoms with Crippen LogP contribution in [-0.2, 0) is 0 Å². The standard InChI is InChI=1S/C10H11FN2S/c11-8-4-2-1-3-7(8)10-13-9(12)5-6-14-10/h1-4,9H,5-6,12H2. The molecule has 0 amide bonds. The summed E-state index contributed by atoms with van der Waals surface area (Å²) in [4.78, 5) is 4.23. The highest BCUT2D eigenvalue weighted by Gasteiger charge is 2.15. The second kappa shape index (κ2) is 4.11. The van der Waals surface area contributed by atoms with Crippen LogP contribution in [0.2, 0.25) is 0 Å². The molecule has 2 nitrogen and oxygen atoms in total. The summed E-state index contributed by atoms with van der Waals surface area (Å²) >= 11 is 1.56. The summed E-state index contributed by atoms with van der Waals surface area (Å²) in [5.74, 6) is 0.682. The Hall–Kier alpha value is -0.870. The molecular weight excluding hydrogens is 199 g/mol. The molecule has 74 valence electrons. The zero-order valence-corrected chi connectivity index (χ0v) is 8.43. The number of hydrogen-bond acceptors (Lipinski definition) is 3. The molecule has 0 bridgehead atoms. The molecule has 1 heterocycles. The molecule has 14 heavy (non-hydrogen) atoms. The van der Waals surface area contributed by atoms with E-state index in [2.05, 4.69) is 4.99 Å². The molecule has 4 heteroatoms. The predicted molar refractivity (Wildman–Crippen MR) is 58.0 cm³/mol. The highest BCUT2D eigenvalue weighted by atomic mass is 32.2. The Morgan fingerprint density at radius 1 is 1.43 bits per heavy atom. The van der Waals surface area contributed by atoms with Crippen molar-refractivity contribution in [3.63, 3.8) is 0 Å². The van der Waals surface area contributed by atoms with Gasteiger partial charge in [-0.15, -0.1) is 11.8 Å². The lowest BCUT2D eigenvalue weighted by Gasteiger charge is -2.16. The Morgan fingerprint density at radius 2 is 2.21 bits per heavy atom. The Kier molecular flexibility index (Phi) is 2.84. The minimum Gasteiger partial charge on any atom is -0.310 e. The summed E-state index contributed by atoms with van der Waals surface area (Å²) < 4.78 is 13.4. The van der Waals surface area contributed by atoms with E-state index in [4.69, 9.17) is 5.73 Å². The normalized spacial score (nSPS) is 21.9. The topological polar surface area (TPSA) is 38.4 Å². The molecule has 0 radical (unpaired) electrons. The van der Waals surface area contributed by atoms with Crippen molar-refractivity contribution in [2.45, 2.75) is 12.6 Å². The van der Waals surface area contributed by atoms with Gasteiger partial charge in [0.25, 0.3) is 0 Å². The number of rotatable bonds is 1. The SMILES string of the molecule is NC1CCSC(c2ccccc2F)=N1. The highest BCUT2D eigenvalue weighted by Crippen LogP contribution is 2.22. The molecule has 0 saturated heterocycles. The van der Waals surface area contributed by atoms with Gasteiger partial charge in [0, 0.05) is 11.3 Å². The molecule has 0 fully saturated rings. The van der Waals surface area contributed by atoms with Crippen LogP contribution in [0.3, 0.4) is 0 Å². The maximum Gasteiger partial charge on any atom is 0.133 e. The number of benzene rings is 1. The van der Waals surface area contributed by atoms with Crippen molar-refractivity contribution in [2.75, 3.05) is 5.75 Å². The van der Waals surface area contributed by atoms with Crippen molar-refractivity contribution in [3.05, 3.63) is 35.6 Å². The average molecular weight is 210 g/mol. The van der Waals surface area contributed by atoms with Crippen LogP contribution < -0.4 is 5.73 Å². The van der Waals surface area contributed by atoms with Gasteiger partial charge in [-0.3, -0.25) is 4.99 Å². The summed E-state index contributed by atoms with van der Waals surface area (Å²) in [6.07, 6.45) is 0.689. The Bertz CT molecular complexity index is 365. The monoisotopic (exact) mass is 210 g/mol. The minimum atomic E-state index is -0.229. The number of nitrogens with zero attached hydrogens (tertiary/aromatic N) is 1. The maximum absolute atomic E-state index is 13.4. The van der Waals surface area contributed by atoms with Crippen LogP contribution in [0.4, 0.5) is 4.39 Å². The zero-order chi connectivity index (χ0) is 9.97. The molecule has 1 aromatic carbocycles. The van der Waals surface area contributed by atoms with Gasteiger partial charge in [-0.05, 0) is 18.6 Å². The molecule has 0 saturated carbocycles. The highest BCUT2D eigenvalue weighted by molar-refractivity contribution is 8.14. The first-order valence-corrected chi connectivity index (χ1v) is 5.47. The van der Waals surface area contributed by atoms with Crippen molar-refractivity contribution in [1.29, 1.82) is 0 Å². The summed E-state index contributed by atoms with van der Waals surface area (Å²) in [7, 11) is 0. The molecule has 1 atom stereocenters. The van der Waals surface area contributed by atoms with Crippen molar-refractivity contribution in [1.82, 2.24) is 0 Å². The molecular formula is C10H11FN2S. The molecule has 0 spiro atoms.